The van der Waals surface area contributed by atoms with E-state index < -0.39 is 0 Å². The minimum Gasteiger partial charge on any atom is -0.375 e. The van der Waals surface area contributed by atoms with Crippen LogP contribution in [0.2, 0.25) is 0 Å². The molecule has 11 heavy (non-hydrogen) atoms. The van der Waals surface area contributed by atoms with Gasteiger partial charge in [0.05, 0.1) is 0 Å². The van der Waals surface area contributed by atoms with Gasteiger partial charge in [0, 0.05) is 18.8 Å². The lowest BCUT2D eigenvalue weighted by Gasteiger charge is -2.13. The predicted molar refractivity (Wildman–Crippen MR) is 48.8 cm³/mol. The lowest BCUT2D eigenvalue weighted by Crippen LogP contribution is -2.29. The normalized spacial score (nSPS) is 11.5. The standard InChI is InChI=1S/C8H17N3/c1-6(2)11-8(10-4)5-7(3)9/h5-6,9-11H,1-4H3/b8-5+,9-7?. The molecule has 0 heterocycles. The zero-order chi connectivity index (χ0) is 8.85. The first-order chi connectivity index (χ1) is 5.06. The fourth-order valence-corrected chi connectivity index (χ4v) is 0.714. The smallest absolute Gasteiger partial charge is 0.100 e. The Balaban J connectivity index is 4.05. The Morgan fingerprint density at radius 2 is 2.00 bits per heavy atom. The largest absolute Gasteiger partial charge is 0.375 e. The molecule has 0 amide bonds. The topological polar surface area (TPSA) is 47.9 Å². The highest BCUT2D eigenvalue weighted by Gasteiger charge is 1.95. The molecule has 64 valence electrons. The average Bonchev–Trinajstić information content (AvgIpc) is 1.84. The van der Waals surface area contributed by atoms with Crippen molar-refractivity contribution in [3.05, 3.63) is 11.9 Å². The van der Waals surface area contributed by atoms with E-state index in [0.717, 1.165) is 5.82 Å². The first-order valence-corrected chi connectivity index (χ1v) is 3.77. The molecule has 0 spiro atoms. The average molecular weight is 155 g/mol. The van der Waals surface area contributed by atoms with E-state index in [2.05, 4.69) is 24.5 Å². The van der Waals surface area contributed by atoms with Crippen molar-refractivity contribution in [3.8, 4) is 0 Å². The molecule has 0 atom stereocenters. The summed E-state index contributed by atoms with van der Waals surface area (Å²) in [5.41, 5.74) is 0.544. The minimum absolute atomic E-state index is 0.396. The monoisotopic (exact) mass is 155 g/mol. The maximum atomic E-state index is 7.22. The Labute approximate surface area is 68.4 Å². The zero-order valence-electron chi connectivity index (χ0n) is 7.65. The van der Waals surface area contributed by atoms with Crippen molar-refractivity contribution in [2.45, 2.75) is 26.8 Å². The van der Waals surface area contributed by atoms with Crippen LogP contribution in [0.15, 0.2) is 11.9 Å². The van der Waals surface area contributed by atoms with E-state index in [1.807, 2.05) is 7.05 Å². The number of hydrogen-bond acceptors (Lipinski definition) is 3. The van der Waals surface area contributed by atoms with Gasteiger partial charge in [-0.15, -0.1) is 0 Å². The molecule has 0 bridgehead atoms. The van der Waals surface area contributed by atoms with Gasteiger partial charge in [0.2, 0.25) is 0 Å². The van der Waals surface area contributed by atoms with Crippen molar-refractivity contribution in [1.82, 2.24) is 10.6 Å². The Morgan fingerprint density at radius 3 is 2.27 bits per heavy atom. The van der Waals surface area contributed by atoms with Crippen LogP contribution < -0.4 is 10.6 Å². The lowest BCUT2D eigenvalue weighted by atomic mass is 10.3. The number of nitrogens with one attached hydrogen (secondary N) is 3. The summed E-state index contributed by atoms with van der Waals surface area (Å²) in [6.07, 6.45) is 1.76. The fraction of sp³-hybridized carbons (Fsp3) is 0.625. The summed E-state index contributed by atoms with van der Waals surface area (Å²) in [6.45, 7) is 5.87. The Hall–Kier alpha value is -0.990. The summed E-state index contributed by atoms with van der Waals surface area (Å²) >= 11 is 0. The second kappa shape index (κ2) is 4.77. The number of allylic oxidation sites excluding steroid dienone is 1. The Kier molecular flexibility index (Phi) is 4.34. The second-order valence-electron chi connectivity index (χ2n) is 2.79. The minimum atomic E-state index is 0.396. The van der Waals surface area contributed by atoms with Crippen molar-refractivity contribution < 1.29 is 0 Å². The fourth-order valence-electron chi connectivity index (χ4n) is 0.714. The first-order valence-electron chi connectivity index (χ1n) is 3.77. The van der Waals surface area contributed by atoms with E-state index >= 15 is 0 Å². The third-order valence-electron chi connectivity index (χ3n) is 1.07. The molecule has 0 saturated heterocycles. The van der Waals surface area contributed by atoms with Crippen LogP contribution in [0, 0.1) is 5.41 Å². The quantitative estimate of drug-likeness (QED) is 0.532. The van der Waals surface area contributed by atoms with Crippen molar-refractivity contribution in [1.29, 1.82) is 5.41 Å². The van der Waals surface area contributed by atoms with Gasteiger partial charge in [0.1, 0.15) is 5.82 Å². The summed E-state index contributed by atoms with van der Waals surface area (Å²) in [5.74, 6) is 0.896. The molecular weight excluding hydrogens is 138 g/mol. The SMILES string of the molecule is CN/C(=C\C(C)=N)NC(C)C. The zero-order valence-corrected chi connectivity index (χ0v) is 7.65. The molecule has 0 radical (unpaired) electrons. The molecule has 0 unspecified atom stereocenters. The van der Waals surface area contributed by atoms with Crippen LogP contribution in [-0.2, 0) is 0 Å². The molecule has 0 aliphatic carbocycles. The van der Waals surface area contributed by atoms with Gasteiger partial charge in [-0.25, -0.2) is 0 Å². The van der Waals surface area contributed by atoms with Crippen LogP contribution in [0.25, 0.3) is 0 Å². The molecule has 3 heteroatoms. The van der Waals surface area contributed by atoms with Gasteiger partial charge in [0.25, 0.3) is 0 Å². The van der Waals surface area contributed by atoms with Crippen LogP contribution in [0.4, 0.5) is 0 Å². The van der Waals surface area contributed by atoms with Crippen molar-refractivity contribution >= 4 is 5.71 Å². The summed E-state index contributed by atoms with van der Waals surface area (Å²) in [7, 11) is 1.84. The summed E-state index contributed by atoms with van der Waals surface area (Å²) in [5, 5.41) is 13.4. The Bertz CT molecular complexity index is 159. The molecule has 0 aromatic carbocycles. The molecule has 3 N–H and O–H groups in total. The molecule has 0 aliphatic heterocycles. The molecular formula is C8H17N3. The van der Waals surface area contributed by atoms with Crippen molar-refractivity contribution in [3.63, 3.8) is 0 Å². The van der Waals surface area contributed by atoms with E-state index in [9.17, 15) is 0 Å². The highest BCUT2D eigenvalue weighted by atomic mass is 15.1. The summed E-state index contributed by atoms with van der Waals surface area (Å²) < 4.78 is 0. The molecule has 0 saturated carbocycles. The van der Waals surface area contributed by atoms with Crippen LogP contribution in [0.5, 0.6) is 0 Å². The van der Waals surface area contributed by atoms with Crippen molar-refractivity contribution in [2.24, 2.45) is 0 Å². The van der Waals surface area contributed by atoms with Gasteiger partial charge in [-0.05, 0) is 26.8 Å². The third kappa shape index (κ3) is 5.45. The number of rotatable bonds is 4. The first kappa shape index (κ1) is 10.0. The molecule has 0 fully saturated rings. The van der Waals surface area contributed by atoms with E-state index in [0.29, 0.717) is 11.8 Å². The van der Waals surface area contributed by atoms with Crippen LogP contribution in [0.1, 0.15) is 20.8 Å². The van der Waals surface area contributed by atoms with Gasteiger partial charge in [-0.3, -0.25) is 0 Å². The van der Waals surface area contributed by atoms with E-state index in [4.69, 9.17) is 5.41 Å². The highest BCUT2D eigenvalue weighted by Crippen LogP contribution is 1.87. The second-order valence-corrected chi connectivity index (χ2v) is 2.79. The maximum absolute atomic E-state index is 7.22. The van der Waals surface area contributed by atoms with Gasteiger partial charge in [-0.1, -0.05) is 0 Å². The molecule has 3 nitrogen and oxygen atoms in total. The van der Waals surface area contributed by atoms with E-state index in [-0.39, 0.29) is 0 Å². The number of hydrogen-bond donors (Lipinski definition) is 3. The van der Waals surface area contributed by atoms with Gasteiger partial charge in [-0.2, -0.15) is 0 Å². The van der Waals surface area contributed by atoms with Gasteiger partial charge >= 0.3 is 0 Å². The molecule has 0 rings (SSSR count). The summed E-state index contributed by atoms with van der Waals surface area (Å²) in [6, 6.07) is 0.396. The lowest BCUT2D eigenvalue weighted by molar-refractivity contribution is 0.633. The van der Waals surface area contributed by atoms with Gasteiger partial charge < -0.3 is 16.0 Å². The summed E-state index contributed by atoms with van der Waals surface area (Å²) in [4.78, 5) is 0. The predicted octanol–water partition coefficient (Wildman–Crippen LogP) is 1.08. The van der Waals surface area contributed by atoms with Crippen LogP contribution >= 0.6 is 0 Å². The third-order valence-corrected chi connectivity index (χ3v) is 1.07. The molecule has 0 aromatic rings. The van der Waals surface area contributed by atoms with Crippen LogP contribution in [0.3, 0.4) is 0 Å². The highest BCUT2D eigenvalue weighted by molar-refractivity contribution is 5.90. The molecule has 0 aliphatic rings. The Morgan fingerprint density at radius 1 is 1.45 bits per heavy atom. The molecule has 0 aromatic heterocycles. The van der Waals surface area contributed by atoms with Gasteiger partial charge in [0.15, 0.2) is 0 Å². The van der Waals surface area contributed by atoms with E-state index in [1.54, 1.807) is 13.0 Å². The van der Waals surface area contributed by atoms with E-state index in [1.165, 1.54) is 0 Å². The van der Waals surface area contributed by atoms with Crippen molar-refractivity contribution in [2.75, 3.05) is 7.05 Å². The van der Waals surface area contributed by atoms with Crippen LogP contribution in [-0.4, -0.2) is 18.8 Å². The maximum Gasteiger partial charge on any atom is 0.100 e.